The number of amides is 1. The SMILES string of the molecule is CN(CC(=O)N1CCNCC1)Cc1cc(Br)cs1. The molecule has 1 amide bonds. The summed E-state index contributed by atoms with van der Waals surface area (Å²) in [4.78, 5) is 17.3. The molecule has 6 heteroatoms. The molecule has 0 unspecified atom stereocenters. The Hall–Kier alpha value is -0.430. The zero-order valence-electron chi connectivity index (χ0n) is 10.5. The normalized spacial score (nSPS) is 16.3. The molecule has 18 heavy (non-hydrogen) atoms. The van der Waals surface area contributed by atoms with Crippen molar-refractivity contribution in [1.29, 1.82) is 0 Å². The summed E-state index contributed by atoms with van der Waals surface area (Å²) in [5.74, 6) is 0.231. The van der Waals surface area contributed by atoms with Crippen molar-refractivity contribution in [3.05, 3.63) is 20.8 Å². The van der Waals surface area contributed by atoms with Crippen LogP contribution in [0, 0.1) is 0 Å². The number of hydrogen-bond donors (Lipinski definition) is 1. The Bertz CT molecular complexity index is 404. The van der Waals surface area contributed by atoms with Gasteiger partial charge in [0.1, 0.15) is 0 Å². The molecule has 1 aromatic heterocycles. The van der Waals surface area contributed by atoms with Crippen LogP contribution in [0.4, 0.5) is 0 Å². The Kier molecular flexibility index (Phi) is 5.17. The van der Waals surface area contributed by atoms with Crippen molar-refractivity contribution in [2.75, 3.05) is 39.8 Å². The average molecular weight is 332 g/mol. The number of carbonyl (C=O) groups excluding carboxylic acids is 1. The monoisotopic (exact) mass is 331 g/mol. The van der Waals surface area contributed by atoms with Gasteiger partial charge in [0.15, 0.2) is 0 Å². The lowest BCUT2D eigenvalue weighted by Gasteiger charge is -2.29. The Morgan fingerprint density at radius 3 is 2.89 bits per heavy atom. The molecule has 4 nitrogen and oxygen atoms in total. The highest BCUT2D eigenvalue weighted by Gasteiger charge is 2.17. The third kappa shape index (κ3) is 4.05. The van der Waals surface area contributed by atoms with Gasteiger partial charge in [0.25, 0.3) is 0 Å². The lowest BCUT2D eigenvalue weighted by atomic mass is 10.3. The molecule has 1 aromatic rings. The molecule has 1 N–H and O–H groups in total. The van der Waals surface area contributed by atoms with E-state index in [0.29, 0.717) is 6.54 Å². The van der Waals surface area contributed by atoms with Crippen molar-refractivity contribution < 1.29 is 4.79 Å². The number of nitrogens with zero attached hydrogens (tertiary/aromatic N) is 2. The van der Waals surface area contributed by atoms with Crippen LogP contribution in [0.3, 0.4) is 0 Å². The summed E-state index contributed by atoms with van der Waals surface area (Å²) in [6.45, 7) is 4.80. The van der Waals surface area contributed by atoms with Crippen molar-refractivity contribution in [1.82, 2.24) is 15.1 Å². The first-order chi connectivity index (χ1) is 8.65. The number of halogens is 1. The van der Waals surface area contributed by atoms with Gasteiger partial charge in [-0.25, -0.2) is 0 Å². The van der Waals surface area contributed by atoms with Gasteiger partial charge in [-0.1, -0.05) is 0 Å². The molecule has 100 valence electrons. The van der Waals surface area contributed by atoms with Crippen LogP contribution >= 0.6 is 27.3 Å². The van der Waals surface area contributed by atoms with Crippen LogP contribution in [-0.2, 0) is 11.3 Å². The second-order valence-electron chi connectivity index (χ2n) is 4.53. The topological polar surface area (TPSA) is 35.6 Å². The van der Waals surface area contributed by atoms with Gasteiger partial charge in [-0.05, 0) is 29.0 Å². The standard InChI is InChI=1S/C12H18BrN3OS/c1-15(7-11-6-10(13)9-18-11)8-12(17)16-4-2-14-3-5-16/h6,9,14H,2-5,7-8H2,1H3. The fourth-order valence-electron chi connectivity index (χ4n) is 2.00. The van der Waals surface area contributed by atoms with Crippen LogP contribution in [0.5, 0.6) is 0 Å². The maximum absolute atomic E-state index is 12.1. The summed E-state index contributed by atoms with van der Waals surface area (Å²) < 4.78 is 1.12. The van der Waals surface area contributed by atoms with Gasteiger partial charge in [-0.3, -0.25) is 9.69 Å². The molecule has 0 aromatic carbocycles. The Morgan fingerprint density at radius 2 is 2.28 bits per heavy atom. The summed E-state index contributed by atoms with van der Waals surface area (Å²) in [6, 6.07) is 2.11. The van der Waals surface area contributed by atoms with Crippen LogP contribution in [0.2, 0.25) is 0 Å². The van der Waals surface area contributed by atoms with Gasteiger partial charge in [0, 0.05) is 47.5 Å². The average Bonchev–Trinajstić information content (AvgIpc) is 2.75. The molecule has 0 atom stereocenters. The van der Waals surface area contributed by atoms with Crippen molar-refractivity contribution in [3.8, 4) is 0 Å². The van der Waals surface area contributed by atoms with Crippen LogP contribution in [0.15, 0.2) is 15.9 Å². The first-order valence-corrected chi connectivity index (χ1v) is 7.72. The van der Waals surface area contributed by atoms with Crippen molar-refractivity contribution in [2.45, 2.75) is 6.54 Å². The third-order valence-corrected chi connectivity index (χ3v) is 4.60. The highest BCUT2D eigenvalue weighted by atomic mass is 79.9. The molecular weight excluding hydrogens is 314 g/mol. The van der Waals surface area contributed by atoms with Crippen molar-refractivity contribution in [2.24, 2.45) is 0 Å². The molecule has 2 heterocycles. The summed E-state index contributed by atoms with van der Waals surface area (Å²) in [6.07, 6.45) is 0. The van der Waals surface area contributed by atoms with E-state index < -0.39 is 0 Å². The van der Waals surface area contributed by atoms with Gasteiger partial charge in [-0.15, -0.1) is 11.3 Å². The molecule has 0 saturated carbocycles. The number of hydrogen-bond acceptors (Lipinski definition) is 4. The molecule has 1 saturated heterocycles. The van der Waals surface area contributed by atoms with E-state index in [9.17, 15) is 4.79 Å². The van der Waals surface area contributed by atoms with Gasteiger partial charge < -0.3 is 10.2 Å². The van der Waals surface area contributed by atoms with Crippen LogP contribution in [-0.4, -0.2) is 55.5 Å². The van der Waals surface area contributed by atoms with E-state index >= 15 is 0 Å². The summed E-state index contributed by atoms with van der Waals surface area (Å²) in [5.41, 5.74) is 0. The molecule has 0 radical (unpaired) electrons. The predicted octanol–water partition coefficient (Wildman–Crippen LogP) is 1.37. The van der Waals surface area contributed by atoms with E-state index in [4.69, 9.17) is 0 Å². The largest absolute Gasteiger partial charge is 0.339 e. The summed E-state index contributed by atoms with van der Waals surface area (Å²) >= 11 is 5.16. The highest BCUT2D eigenvalue weighted by molar-refractivity contribution is 9.10. The van der Waals surface area contributed by atoms with Crippen molar-refractivity contribution >= 4 is 33.2 Å². The number of thiophene rings is 1. The van der Waals surface area contributed by atoms with E-state index in [2.05, 4.69) is 37.6 Å². The van der Waals surface area contributed by atoms with Crippen LogP contribution in [0.1, 0.15) is 4.88 Å². The Balaban J connectivity index is 1.79. The van der Waals surface area contributed by atoms with Gasteiger partial charge in [0.05, 0.1) is 6.54 Å². The molecule has 1 aliphatic rings. The smallest absolute Gasteiger partial charge is 0.236 e. The number of piperazine rings is 1. The maximum atomic E-state index is 12.1. The van der Waals surface area contributed by atoms with Crippen LogP contribution < -0.4 is 5.32 Å². The first kappa shape index (κ1) is 14.0. The molecule has 0 aliphatic carbocycles. The minimum Gasteiger partial charge on any atom is -0.339 e. The second kappa shape index (κ2) is 6.65. The lowest BCUT2D eigenvalue weighted by molar-refractivity contribution is -0.132. The van der Waals surface area contributed by atoms with E-state index in [1.165, 1.54) is 4.88 Å². The lowest BCUT2D eigenvalue weighted by Crippen LogP contribution is -2.49. The van der Waals surface area contributed by atoms with Gasteiger partial charge in [-0.2, -0.15) is 0 Å². The quantitative estimate of drug-likeness (QED) is 0.905. The highest BCUT2D eigenvalue weighted by Crippen LogP contribution is 2.20. The first-order valence-electron chi connectivity index (χ1n) is 6.05. The summed E-state index contributed by atoms with van der Waals surface area (Å²) in [7, 11) is 1.99. The molecule has 0 spiro atoms. The zero-order chi connectivity index (χ0) is 13.0. The number of likely N-dealkylation sites (N-methyl/N-ethyl adjacent to an activating group) is 1. The molecule has 0 bridgehead atoms. The van der Waals surface area contributed by atoms with Crippen LogP contribution in [0.25, 0.3) is 0 Å². The van der Waals surface area contributed by atoms with E-state index in [1.807, 2.05) is 11.9 Å². The molecule has 1 fully saturated rings. The number of rotatable bonds is 4. The predicted molar refractivity (Wildman–Crippen MR) is 77.8 cm³/mol. The number of nitrogens with one attached hydrogen (secondary N) is 1. The third-order valence-electron chi connectivity index (χ3n) is 2.92. The summed E-state index contributed by atoms with van der Waals surface area (Å²) in [5, 5.41) is 5.33. The minimum atomic E-state index is 0.231. The molecule has 1 aliphatic heterocycles. The molecular formula is C12H18BrN3OS. The van der Waals surface area contributed by atoms with E-state index in [1.54, 1.807) is 11.3 Å². The van der Waals surface area contributed by atoms with Gasteiger partial charge in [0.2, 0.25) is 5.91 Å². The van der Waals surface area contributed by atoms with E-state index in [-0.39, 0.29) is 5.91 Å². The Morgan fingerprint density at radius 1 is 1.56 bits per heavy atom. The van der Waals surface area contributed by atoms with E-state index in [0.717, 1.165) is 37.2 Å². The minimum absolute atomic E-state index is 0.231. The maximum Gasteiger partial charge on any atom is 0.236 e. The second-order valence-corrected chi connectivity index (χ2v) is 6.45. The zero-order valence-corrected chi connectivity index (χ0v) is 12.9. The Labute approximate surface area is 120 Å². The van der Waals surface area contributed by atoms with Gasteiger partial charge >= 0.3 is 0 Å². The fourth-order valence-corrected chi connectivity index (χ4v) is 3.53. The molecule has 2 rings (SSSR count). The number of carbonyl (C=O) groups is 1. The van der Waals surface area contributed by atoms with Crippen molar-refractivity contribution in [3.63, 3.8) is 0 Å². The fraction of sp³-hybridized carbons (Fsp3) is 0.583.